The maximum atomic E-state index is 13.3. The fourth-order valence-electron chi connectivity index (χ4n) is 3.79. The topological polar surface area (TPSA) is 77.4 Å². The summed E-state index contributed by atoms with van der Waals surface area (Å²) >= 11 is 0. The smallest absolute Gasteiger partial charge is 0.278 e. The molecule has 0 radical (unpaired) electrons. The summed E-state index contributed by atoms with van der Waals surface area (Å²) in [6.45, 7) is 3.75. The molecular weight excluding hydrogens is 360 g/mol. The van der Waals surface area contributed by atoms with E-state index < -0.39 is 17.9 Å². The van der Waals surface area contributed by atoms with Crippen LogP contribution in [0.25, 0.3) is 0 Å². The van der Waals surface area contributed by atoms with Gasteiger partial charge in [0.25, 0.3) is 5.91 Å². The first-order valence-electron chi connectivity index (χ1n) is 8.88. The Labute approximate surface area is 162 Å². The highest BCUT2D eigenvalue weighted by Gasteiger charge is 2.56. The van der Waals surface area contributed by atoms with Crippen molar-refractivity contribution in [2.45, 2.75) is 20.0 Å². The first kappa shape index (κ1) is 18.0. The molecule has 0 spiro atoms. The molecule has 2 aromatic rings. The molecule has 0 aromatic heterocycles. The van der Waals surface area contributed by atoms with E-state index in [0.29, 0.717) is 28.5 Å². The van der Waals surface area contributed by atoms with Crippen molar-refractivity contribution < 1.29 is 23.9 Å². The maximum absolute atomic E-state index is 13.3. The van der Waals surface area contributed by atoms with Crippen LogP contribution in [0.3, 0.4) is 0 Å². The van der Waals surface area contributed by atoms with Gasteiger partial charge in [0, 0.05) is 5.56 Å². The molecular formula is C21H20N2O5. The predicted molar refractivity (Wildman–Crippen MR) is 103 cm³/mol. The number of para-hydroxylation sites is 1. The van der Waals surface area contributed by atoms with Gasteiger partial charge < -0.3 is 14.3 Å². The minimum Gasteiger partial charge on any atom is -0.493 e. The lowest BCUT2D eigenvalue weighted by Crippen LogP contribution is -2.34. The predicted octanol–water partition coefficient (Wildman–Crippen LogP) is 2.61. The molecule has 7 nitrogen and oxygen atoms in total. The van der Waals surface area contributed by atoms with Crippen LogP contribution in [0.5, 0.6) is 11.5 Å². The van der Waals surface area contributed by atoms with Crippen molar-refractivity contribution in [1.29, 1.82) is 0 Å². The molecule has 2 aromatic carbocycles. The minimum absolute atomic E-state index is 0.335. The van der Waals surface area contributed by atoms with Gasteiger partial charge in [-0.2, -0.15) is 0 Å². The Hall–Kier alpha value is -3.35. The highest BCUT2D eigenvalue weighted by molar-refractivity contribution is 6.32. The van der Waals surface area contributed by atoms with Gasteiger partial charge in [-0.25, -0.2) is 4.90 Å². The molecule has 144 valence electrons. The van der Waals surface area contributed by atoms with Crippen LogP contribution in [0.2, 0.25) is 0 Å². The first-order valence-corrected chi connectivity index (χ1v) is 8.88. The molecule has 2 aliphatic heterocycles. The number of hydrogen-bond donors (Lipinski definition) is 0. The summed E-state index contributed by atoms with van der Waals surface area (Å²) in [5, 5.41) is 4.05. The number of oxime groups is 1. The quantitative estimate of drug-likeness (QED) is 0.762. The molecule has 7 heteroatoms. The number of methoxy groups -OCH3 is 2. The molecule has 1 fully saturated rings. The number of nitrogens with zero attached hydrogens (tertiary/aromatic N) is 2. The molecule has 1 saturated heterocycles. The van der Waals surface area contributed by atoms with E-state index >= 15 is 0 Å². The van der Waals surface area contributed by atoms with Crippen molar-refractivity contribution in [3.63, 3.8) is 0 Å². The van der Waals surface area contributed by atoms with Gasteiger partial charge in [-0.1, -0.05) is 23.4 Å². The number of imide groups is 1. The number of amides is 2. The fraction of sp³-hybridized carbons (Fsp3) is 0.286. The molecule has 2 aliphatic rings. The molecule has 0 N–H and O–H groups in total. The van der Waals surface area contributed by atoms with E-state index in [1.54, 1.807) is 25.3 Å². The second-order valence-electron chi connectivity index (χ2n) is 6.80. The number of hydrogen-bond acceptors (Lipinski definition) is 6. The van der Waals surface area contributed by atoms with E-state index in [-0.39, 0.29) is 5.91 Å². The number of ether oxygens (including phenoxy) is 2. The second kappa shape index (κ2) is 6.67. The van der Waals surface area contributed by atoms with Crippen LogP contribution in [-0.2, 0) is 14.4 Å². The Morgan fingerprint density at radius 1 is 0.964 bits per heavy atom. The van der Waals surface area contributed by atoms with Crippen molar-refractivity contribution in [2.75, 3.05) is 19.1 Å². The summed E-state index contributed by atoms with van der Waals surface area (Å²) in [6, 6.07) is 10.9. The minimum atomic E-state index is -0.949. The largest absolute Gasteiger partial charge is 0.493 e. The zero-order valence-electron chi connectivity index (χ0n) is 16.1. The third-order valence-corrected chi connectivity index (χ3v) is 5.15. The van der Waals surface area contributed by atoms with Gasteiger partial charge >= 0.3 is 0 Å². The lowest BCUT2D eigenvalue weighted by atomic mass is 9.94. The van der Waals surface area contributed by atoms with Crippen molar-refractivity contribution in [3.8, 4) is 11.5 Å². The van der Waals surface area contributed by atoms with Crippen LogP contribution in [0.15, 0.2) is 41.6 Å². The molecule has 0 bridgehead atoms. The van der Waals surface area contributed by atoms with Crippen LogP contribution < -0.4 is 14.4 Å². The summed E-state index contributed by atoms with van der Waals surface area (Å²) in [6.07, 6.45) is -0.949. The lowest BCUT2D eigenvalue weighted by Gasteiger charge is -2.20. The average Bonchev–Trinajstić information content (AvgIpc) is 3.23. The van der Waals surface area contributed by atoms with Crippen molar-refractivity contribution in [2.24, 2.45) is 11.1 Å². The number of aryl methyl sites for hydroxylation is 2. The van der Waals surface area contributed by atoms with Crippen LogP contribution in [0.1, 0.15) is 16.7 Å². The van der Waals surface area contributed by atoms with Gasteiger partial charge in [-0.3, -0.25) is 9.59 Å². The van der Waals surface area contributed by atoms with Crippen LogP contribution in [0, 0.1) is 19.8 Å². The molecule has 0 unspecified atom stereocenters. The maximum Gasteiger partial charge on any atom is 0.278 e. The van der Waals surface area contributed by atoms with E-state index in [9.17, 15) is 9.59 Å². The summed E-state index contributed by atoms with van der Waals surface area (Å²) in [4.78, 5) is 32.8. The summed E-state index contributed by atoms with van der Waals surface area (Å²) < 4.78 is 10.6. The van der Waals surface area contributed by atoms with E-state index in [1.807, 2.05) is 32.0 Å². The van der Waals surface area contributed by atoms with E-state index in [0.717, 1.165) is 11.1 Å². The van der Waals surface area contributed by atoms with E-state index in [1.165, 1.54) is 12.0 Å². The number of carbonyl (C=O) groups is 2. The number of benzene rings is 2. The SMILES string of the molecule is COc1ccc(C2=NO[C@@H]3C(=O)N(c4c(C)cccc4C)C(=O)[C@@H]23)cc1OC. The average molecular weight is 380 g/mol. The number of fused-ring (bicyclic) bond motifs is 1. The highest BCUT2D eigenvalue weighted by atomic mass is 16.7. The second-order valence-corrected chi connectivity index (χ2v) is 6.80. The Morgan fingerprint density at radius 3 is 2.29 bits per heavy atom. The highest BCUT2D eigenvalue weighted by Crippen LogP contribution is 2.38. The van der Waals surface area contributed by atoms with E-state index in [2.05, 4.69) is 5.16 Å². The third-order valence-electron chi connectivity index (χ3n) is 5.15. The van der Waals surface area contributed by atoms with Gasteiger partial charge in [0.2, 0.25) is 12.0 Å². The van der Waals surface area contributed by atoms with Gasteiger partial charge in [0.15, 0.2) is 11.5 Å². The molecule has 2 amide bonds. The molecule has 2 heterocycles. The van der Waals surface area contributed by atoms with Crippen LogP contribution >= 0.6 is 0 Å². The van der Waals surface area contributed by atoms with E-state index in [4.69, 9.17) is 14.3 Å². The first-order chi connectivity index (χ1) is 13.5. The Balaban J connectivity index is 1.73. The van der Waals surface area contributed by atoms with Crippen LogP contribution in [0.4, 0.5) is 5.69 Å². The Morgan fingerprint density at radius 2 is 1.64 bits per heavy atom. The monoisotopic (exact) mass is 380 g/mol. The summed E-state index contributed by atoms with van der Waals surface area (Å²) in [7, 11) is 3.08. The van der Waals surface area contributed by atoms with Gasteiger partial charge in [-0.05, 0) is 43.2 Å². The molecule has 4 rings (SSSR count). The third kappa shape index (κ3) is 2.54. The number of carbonyl (C=O) groups excluding carboxylic acids is 2. The lowest BCUT2D eigenvalue weighted by molar-refractivity contribution is -0.126. The molecule has 0 saturated carbocycles. The van der Waals surface area contributed by atoms with Gasteiger partial charge in [0.1, 0.15) is 11.6 Å². The van der Waals surface area contributed by atoms with Crippen molar-refractivity contribution in [3.05, 3.63) is 53.1 Å². The normalized spacial score (nSPS) is 20.7. The standard InChI is InChI=1S/C21H20N2O5/c1-11-6-5-7-12(2)18(11)23-20(24)16-17(22-28-19(16)21(23)25)13-8-9-14(26-3)15(10-13)27-4/h5-10,16,19H,1-4H3/t16-,19-/m0/s1. The molecule has 28 heavy (non-hydrogen) atoms. The van der Waals surface area contributed by atoms with Crippen LogP contribution in [-0.4, -0.2) is 37.8 Å². The zero-order valence-corrected chi connectivity index (χ0v) is 16.1. The fourth-order valence-corrected chi connectivity index (χ4v) is 3.79. The van der Waals surface area contributed by atoms with Gasteiger partial charge in [0.05, 0.1) is 19.9 Å². The van der Waals surface area contributed by atoms with Gasteiger partial charge in [-0.15, -0.1) is 0 Å². The zero-order chi connectivity index (χ0) is 20.0. The Kier molecular flexibility index (Phi) is 4.30. The molecule has 0 aliphatic carbocycles. The van der Waals surface area contributed by atoms with Crippen molar-refractivity contribution >= 4 is 23.2 Å². The Bertz CT molecular complexity index is 994. The number of anilines is 1. The van der Waals surface area contributed by atoms with Crippen molar-refractivity contribution in [1.82, 2.24) is 0 Å². The molecule has 2 atom stereocenters. The number of rotatable bonds is 4. The summed E-state index contributed by atoms with van der Waals surface area (Å²) in [5.41, 5.74) is 3.38. The summed E-state index contributed by atoms with van der Waals surface area (Å²) in [5.74, 6) is -0.447.